The Morgan fingerprint density at radius 1 is 1.33 bits per heavy atom. The average Bonchev–Trinajstić information content (AvgIpc) is 2.68. The van der Waals surface area contributed by atoms with Gasteiger partial charge < -0.3 is 14.8 Å². The molecule has 0 bridgehead atoms. The first-order chi connectivity index (χ1) is 8.49. The molecule has 0 radical (unpaired) electrons. The summed E-state index contributed by atoms with van der Waals surface area (Å²) < 4.78 is 43.7. The van der Waals surface area contributed by atoms with Crippen LogP contribution in [0.3, 0.4) is 0 Å². The lowest BCUT2D eigenvalue weighted by atomic mass is 10.1. The Morgan fingerprint density at radius 2 is 2.06 bits per heavy atom. The summed E-state index contributed by atoms with van der Waals surface area (Å²) in [7, 11) is 1.40. The number of nitrogens with one attached hydrogen (secondary N) is 1. The molecule has 1 aromatic carbocycles. The van der Waals surface area contributed by atoms with Crippen molar-refractivity contribution in [3.8, 4) is 5.75 Å². The second kappa shape index (κ2) is 4.53. The number of hydrogen-bond donors (Lipinski definition) is 2. The van der Waals surface area contributed by atoms with E-state index in [1.54, 1.807) is 18.2 Å². The number of methoxy groups -OCH3 is 1. The van der Waals surface area contributed by atoms with Crippen molar-refractivity contribution in [2.75, 3.05) is 13.7 Å². The number of aromatic amines is 1. The van der Waals surface area contributed by atoms with Crippen LogP contribution in [0.1, 0.15) is 11.3 Å². The summed E-state index contributed by atoms with van der Waals surface area (Å²) in [6.45, 7) is -0.340. The zero-order valence-corrected chi connectivity index (χ0v) is 9.64. The molecule has 2 N–H and O–H groups in total. The molecule has 0 saturated carbocycles. The second-order valence-electron chi connectivity index (χ2n) is 3.83. The second-order valence-corrected chi connectivity index (χ2v) is 3.83. The monoisotopic (exact) mass is 259 g/mol. The topological polar surface area (TPSA) is 45.2 Å². The van der Waals surface area contributed by atoms with Crippen molar-refractivity contribution in [3.05, 3.63) is 29.5 Å². The molecule has 2 rings (SSSR count). The number of fused-ring (bicyclic) bond motifs is 1. The smallest absolute Gasteiger partial charge is 0.431 e. The van der Waals surface area contributed by atoms with Gasteiger partial charge in [0.2, 0.25) is 0 Å². The Morgan fingerprint density at radius 3 is 2.61 bits per heavy atom. The third-order valence-electron chi connectivity index (χ3n) is 2.77. The van der Waals surface area contributed by atoms with E-state index in [1.165, 1.54) is 7.11 Å². The summed E-state index contributed by atoms with van der Waals surface area (Å²) in [4.78, 5) is 2.35. The summed E-state index contributed by atoms with van der Waals surface area (Å²) in [6, 6.07) is 4.78. The molecular formula is C12H12F3NO2. The van der Waals surface area contributed by atoms with E-state index in [0.717, 1.165) is 0 Å². The zero-order valence-electron chi connectivity index (χ0n) is 9.64. The molecule has 0 amide bonds. The molecule has 0 unspecified atom stereocenters. The summed E-state index contributed by atoms with van der Waals surface area (Å²) >= 11 is 0. The summed E-state index contributed by atoms with van der Waals surface area (Å²) in [6.07, 6.45) is -4.53. The van der Waals surface area contributed by atoms with Crippen molar-refractivity contribution < 1.29 is 23.0 Å². The number of aliphatic hydroxyl groups excluding tert-OH is 1. The van der Waals surface area contributed by atoms with Crippen LogP contribution in [0.2, 0.25) is 0 Å². The van der Waals surface area contributed by atoms with Crippen LogP contribution >= 0.6 is 0 Å². The van der Waals surface area contributed by atoms with Crippen molar-refractivity contribution in [3.63, 3.8) is 0 Å². The first-order valence-corrected chi connectivity index (χ1v) is 5.34. The van der Waals surface area contributed by atoms with Crippen molar-refractivity contribution in [2.24, 2.45) is 0 Å². The van der Waals surface area contributed by atoms with Crippen LogP contribution < -0.4 is 4.74 Å². The minimum atomic E-state index is -4.48. The van der Waals surface area contributed by atoms with Gasteiger partial charge >= 0.3 is 6.18 Å². The van der Waals surface area contributed by atoms with Crippen molar-refractivity contribution in [2.45, 2.75) is 12.6 Å². The molecule has 0 aliphatic heterocycles. The van der Waals surface area contributed by atoms with Crippen LogP contribution in [-0.2, 0) is 12.6 Å². The molecule has 18 heavy (non-hydrogen) atoms. The molecule has 6 heteroatoms. The van der Waals surface area contributed by atoms with Crippen LogP contribution in [0.4, 0.5) is 13.2 Å². The van der Waals surface area contributed by atoms with Gasteiger partial charge in [-0.15, -0.1) is 0 Å². The van der Waals surface area contributed by atoms with Gasteiger partial charge in [0.25, 0.3) is 0 Å². The van der Waals surface area contributed by atoms with E-state index in [4.69, 9.17) is 9.84 Å². The zero-order chi connectivity index (χ0) is 13.3. The van der Waals surface area contributed by atoms with Crippen LogP contribution in [0.5, 0.6) is 5.75 Å². The van der Waals surface area contributed by atoms with Crippen molar-refractivity contribution in [1.82, 2.24) is 4.98 Å². The fraction of sp³-hybridized carbons (Fsp3) is 0.333. The number of ether oxygens (including phenoxy) is 1. The SMILES string of the molecule is COc1cccc2c(CCO)c(C(F)(F)F)[nH]c12. The predicted octanol–water partition coefficient (Wildman–Crippen LogP) is 2.73. The number of halogens is 3. The Kier molecular flexibility index (Phi) is 3.21. The number of benzene rings is 1. The maximum Gasteiger partial charge on any atom is 0.431 e. The van der Waals surface area contributed by atoms with Crippen molar-refractivity contribution in [1.29, 1.82) is 0 Å². The molecule has 0 aliphatic carbocycles. The van der Waals surface area contributed by atoms with Gasteiger partial charge in [0.05, 0.1) is 12.6 Å². The molecule has 0 aliphatic rings. The normalized spacial score (nSPS) is 12.1. The summed E-state index contributed by atoms with van der Waals surface area (Å²) in [5.74, 6) is 0.349. The largest absolute Gasteiger partial charge is 0.495 e. The number of H-pyrrole nitrogens is 1. The molecule has 2 aromatic rings. The fourth-order valence-electron chi connectivity index (χ4n) is 2.03. The number of aliphatic hydroxyl groups is 1. The maximum absolute atomic E-state index is 12.9. The van der Waals surface area contributed by atoms with Crippen molar-refractivity contribution >= 4 is 10.9 Å². The summed E-state index contributed by atoms with van der Waals surface area (Å²) in [5.41, 5.74) is -0.453. The third-order valence-corrected chi connectivity index (χ3v) is 2.77. The Bertz CT molecular complexity index is 560. The minimum absolute atomic E-state index is 0.0536. The van der Waals surface area contributed by atoms with E-state index < -0.39 is 11.9 Å². The molecule has 98 valence electrons. The van der Waals surface area contributed by atoms with Crippen LogP contribution in [-0.4, -0.2) is 23.8 Å². The van der Waals surface area contributed by atoms with E-state index in [9.17, 15) is 13.2 Å². The molecule has 1 heterocycles. The van der Waals surface area contributed by atoms with E-state index in [2.05, 4.69) is 4.98 Å². The van der Waals surface area contributed by atoms with Gasteiger partial charge in [0.15, 0.2) is 0 Å². The number of rotatable bonds is 3. The highest BCUT2D eigenvalue weighted by atomic mass is 19.4. The number of para-hydroxylation sites is 1. The minimum Gasteiger partial charge on any atom is -0.495 e. The first-order valence-electron chi connectivity index (χ1n) is 5.34. The highest BCUT2D eigenvalue weighted by Crippen LogP contribution is 2.38. The number of aromatic nitrogens is 1. The summed E-state index contributed by atoms with van der Waals surface area (Å²) in [5, 5.41) is 9.33. The lowest BCUT2D eigenvalue weighted by Gasteiger charge is -2.06. The molecule has 0 atom stereocenters. The lowest BCUT2D eigenvalue weighted by Crippen LogP contribution is -2.09. The van der Waals surface area contributed by atoms with Crippen LogP contribution in [0.15, 0.2) is 18.2 Å². The molecule has 0 spiro atoms. The molecular weight excluding hydrogens is 247 g/mol. The van der Waals surface area contributed by atoms with Gasteiger partial charge in [-0.25, -0.2) is 0 Å². The Balaban J connectivity index is 2.74. The van der Waals surface area contributed by atoms with Crippen LogP contribution in [0, 0.1) is 0 Å². The predicted molar refractivity (Wildman–Crippen MR) is 60.6 cm³/mol. The Labute approximate surface area is 101 Å². The number of hydrogen-bond acceptors (Lipinski definition) is 2. The first kappa shape index (κ1) is 12.8. The molecule has 1 aromatic heterocycles. The highest BCUT2D eigenvalue weighted by Gasteiger charge is 2.36. The van der Waals surface area contributed by atoms with E-state index in [0.29, 0.717) is 16.7 Å². The van der Waals surface area contributed by atoms with Crippen LogP contribution in [0.25, 0.3) is 10.9 Å². The third kappa shape index (κ3) is 2.03. The standard InChI is InChI=1S/C12H12F3NO2/c1-18-9-4-2-3-7-8(5-6-17)11(12(13,14)15)16-10(7)9/h2-4,16-17H,5-6H2,1H3. The van der Waals surface area contributed by atoms with E-state index >= 15 is 0 Å². The van der Waals surface area contributed by atoms with Gasteiger partial charge in [0.1, 0.15) is 11.4 Å². The molecule has 3 nitrogen and oxygen atoms in total. The molecule has 0 fully saturated rings. The lowest BCUT2D eigenvalue weighted by molar-refractivity contribution is -0.141. The van der Waals surface area contributed by atoms with E-state index in [1.807, 2.05) is 0 Å². The fourth-order valence-corrected chi connectivity index (χ4v) is 2.03. The van der Waals surface area contributed by atoms with E-state index in [-0.39, 0.29) is 18.6 Å². The van der Waals surface area contributed by atoms with Gasteiger partial charge in [-0.3, -0.25) is 0 Å². The molecule has 0 saturated heterocycles. The number of alkyl halides is 3. The maximum atomic E-state index is 12.9. The quantitative estimate of drug-likeness (QED) is 0.890. The average molecular weight is 259 g/mol. The van der Waals surface area contributed by atoms with Gasteiger partial charge in [0, 0.05) is 12.0 Å². The van der Waals surface area contributed by atoms with Gasteiger partial charge in [-0.05, 0) is 18.1 Å². The van der Waals surface area contributed by atoms with Gasteiger partial charge in [-0.1, -0.05) is 12.1 Å². The van der Waals surface area contributed by atoms with Gasteiger partial charge in [-0.2, -0.15) is 13.2 Å². The Hall–Kier alpha value is -1.69. The highest BCUT2D eigenvalue weighted by molar-refractivity contribution is 5.89.